The van der Waals surface area contributed by atoms with Crippen molar-refractivity contribution >= 4 is 29.4 Å². The van der Waals surface area contributed by atoms with Crippen molar-refractivity contribution < 1.29 is 28.2 Å². The number of carbonyl (C=O) groups is 2. The summed E-state index contributed by atoms with van der Waals surface area (Å²) in [6, 6.07) is 7.54. The van der Waals surface area contributed by atoms with Gasteiger partial charge in [-0.25, -0.2) is 9.79 Å². The zero-order valence-corrected chi connectivity index (χ0v) is 21.4. The van der Waals surface area contributed by atoms with Crippen molar-refractivity contribution in [2.45, 2.75) is 33.7 Å². The highest BCUT2D eigenvalue weighted by atomic mass is 32.1. The molecule has 0 saturated heterocycles. The van der Waals surface area contributed by atoms with E-state index in [1.165, 1.54) is 36.2 Å². The smallest absolute Gasteiger partial charge is 0.338 e. The SMILES string of the molecule is COc1cc(C2C(C(=O)OCC(C)C)=C(C)N=c3sc(=Cc4ccco4)c(=O)n32)ccc1OC(C)=O. The Morgan fingerprint density at radius 1 is 1.25 bits per heavy atom. The topological polar surface area (TPSA) is 109 Å². The first-order valence-electron chi connectivity index (χ1n) is 11.3. The van der Waals surface area contributed by atoms with Crippen molar-refractivity contribution in [2.75, 3.05) is 13.7 Å². The molecular weight excluding hydrogens is 484 g/mol. The second-order valence-electron chi connectivity index (χ2n) is 8.59. The van der Waals surface area contributed by atoms with Gasteiger partial charge >= 0.3 is 11.9 Å². The van der Waals surface area contributed by atoms with Gasteiger partial charge in [-0.1, -0.05) is 31.3 Å². The number of ether oxygens (including phenoxy) is 3. The molecule has 0 amide bonds. The van der Waals surface area contributed by atoms with E-state index in [4.69, 9.17) is 18.6 Å². The zero-order valence-electron chi connectivity index (χ0n) is 20.6. The first-order chi connectivity index (χ1) is 17.2. The Balaban J connectivity index is 1.92. The van der Waals surface area contributed by atoms with Gasteiger partial charge in [0.25, 0.3) is 5.56 Å². The Kier molecular flexibility index (Phi) is 7.25. The van der Waals surface area contributed by atoms with Crippen molar-refractivity contribution in [3.05, 3.63) is 78.9 Å². The molecule has 36 heavy (non-hydrogen) atoms. The van der Waals surface area contributed by atoms with Gasteiger partial charge in [0.1, 0.15) is 5.76 Å². The molecule has 0 fully saturated rings. The van der Waals surface area contributed by atoms with Gasteiger partial charge in [0.05, 0.1) is 41.8 Å². The molecular formula is C26H26N2O7S. The van der Waals surface area contributed by atoms with Gasteiger partial charge < -0.3 is 18.6 Å². The third kappa shape index (κ3) is 5.03. The zero-order chi connectivity index (χ0) is 26.0. The minimum absolute atomic E-state index is 0.130. The van der Waals surface area contributed by atoms with E-state index in [0.29, 0.717) is 26.4 Å². The first kappa shape index (κ1) is 25.2. The van der Waals surface area contributed by atoms with Crippen LogP contribution in [0.25, 0.3) is 6.08 Å². The Bertz CT molecular complexity index is 1510. The van der Waals surface area contributed by atoms with Crippen LogP contribution in [0.15, 0.2) is 62.1 Å². The molecule has 9 nitrogen and oxygen atoms in total. The molecule has 2 aromatic heterocycles. The van der Waals surface area contributed by atoms with Crippen molar-refractivity contribution in [1.82, 2.24) is 4.57 Å². The standard InChI is InChI=1S/C26H26N2O7S/c1-14(2)13-34-25(31)22-15(3)27-26-28(24(30)21(36-26)12-18-7-6-10-33-18)23(22)17-8-9-19(35-16(4)29)20(11-17)32-5/h6-12,14,23H,13H2,1-5H3. The predicted molar refractivity (Wildman–Crippen MR) is 133 cm³/mol. The van der Waals surface area contributed by atoms with E-state index in [9.17, 15) is 14.4 Å². The van der Waals surface area contributed by atoms with Gasteiger partial charge in [0.2, 0.25) is 0 Å². The van der Waals surface area contributed by atoms with Gasteiger partial charge in [-0.3, -0.25) is 14.2 Å². The number of nitrogens with zero attached hydrogens (tertiary/aromatic N) is 2. The maximum Gasteiger partial charge on any atom is 0.338 e. The number of rotatable bonds is 7. The number of hydrogen-bond acceptors (Lipinski definition) is 9. The highest BCUT2D eigenvalue weighted by Crippen LogP contribution is 2.36. The number of allylic oxidation sites excluding steroid dienone is 1. The number of carbonyl (C=O) groups excluding carboxylic acids is 2. The third-order valence-corrected chi connectivity index (χ3v) is 6.35. The lowest BCUT2D eigenvalue weighted by Gasteiger charge is -2.25. The van der Waals surface area contributed by atoms with E-state index in [-0.39, 0.29) is 35.2 Å². The first-order valence-corrected chi connectivity index (χ1v) is 12.1. The van der Waals surface area contributed by atoms with Crippen LogP contribution in [0.1, 0.15) is 45.1 Å². The normalized spacial score (nSPS) is 15.5. The number of fused-ring (bicyclic) bond motifs is 1. The van der Waals surface area contributed by atoms with E-state index in [1.54, 1.807) is 43.3 Å². The number of benzene rings is 1. The fourth-order valence-electron chi connectivity index (χ4n) is 3.81. The van der Waals surface area contributed by atoms with E-state index in [1.807, 2.05) is 13.8 Å². The van der Waals surface area contributed by atoms with E-state index in [0.717, 1.165) is 0 Å². The summed E-state index contributed by atoms with van der Waals surface area (Å²) < 4.78 is 23.5. The lowest BCUT2D eigenvalue weighted by atomic mass is 9.95. The molecule has 1 aliphatic rings. The maximum absolute atomic E-state index is 13.6. The molecule has 0 saturated carbocycles. The van der Waals surface area contributed by atoms with Gasteiger partial charge in [-0.15, -0.1) is 0 Å². The van der Waals surface area contributed by atoms with Crippen LogP contribution in [0.4, 0.5) is 0 Å². The largest absolute Gasteiger partial charge is 0.493 e. The molecule has 0 aliphatic carbocycles. The van der Waals surface area contributed by atoms with Gasteiger partial charge in [-0.2, -0.15) is 0 Å². The molecule has 1 atom stereocenters. The van der Waals surface area contributed by atoms with E-state index < -0.39 is 18.0 Å². The van der Waals surface area contributed by atoms with E-state index >= 15 is 0 Å². The fourth-order valence-corrected chi connectivity index (χ4v) is 4.84. The molecule has 10 heteroatoms. The Labute approximate surface area is 210 Å². The van der Waals surface area contributed by atoms with E-state index in [2.05, 4.69) is 4.99 Å². The van der Waals surface area contributed by atoms with Crippen molar-refractivity contribution in [3.8, 4) is 11.5 Å². The summed E-state index contributed by atoms with van der Waals surface area (Å²) in [7, 11) is 1.44. The lowest BCUT2D eigenvalue weighted by molar-refractivity contribution is -0.140. The van der Waals surface area contributed by atoms with Gasteiger partial charge in [0.15, 0.2) is 16.3 Å². The lowest BCUT2D eigenvalue weighted by Crippen LogP contribution is -2.40. The molecule has 0 spiro atoms. The maximum atomic E-state index is 13.6. The number of esters is 2. The summed E-state index contributed by atoms with van der Waals surface area (Å²) in [4.78, 5) is 43.4. The van der Waals surface area contributed by atoms with Crippen molar-refractivity contribution in [1.29, 1.82) is 0 Å². The summed E-state index contributed by atoms with van der Waals surface area (Å²) in [5.74, 6) is 0.106. The monoisotopic (exact) mass is 510 g/mol. The van der Waals surface area contributed by atoms with Crippen molar-refractivity contribution in [3.63, 3.8) is 0 Å². The van der Waals surface area contributed by atoms with Crippen LogP contribution < -0.4 is 24.4 Å². The van der Waals surface area contributed by atoms with Crippen LogP contribution in [0.3, 0.4) is 0 Å². The fraction of sp³-hybridized carbons (Fsp3) is 0.308. The summed E-state index contributed by atoms with van der Waals surface area (Å²) in [5.41, 5.74) is 0.932. The summed E-state index contributed by atoms with van der Waals surface area (Å²) in [5, 5.41) is 0. The van der Waals surface area contributed by atoms with Crippen LogP contribution in [0.5, 0.6) is 11.5 Å². The molecule has 1 aromatic carbocycles. The molecule has 0 bridgehead atoms. The number of thiazole rings is 1. The molecule has 0 N–H and O–H groups in total. The van der Waals surface area contributed by atoms with Crippen LogP contribution >= 0.6 is 11.3 Å². The summed E-state index contributed by atoms with van der Waals surface area (Å²) in [6.07, 6.45) is 3.16. The molecule has 3 aromatic rings. The highest BCUT2D eigenvalue weighted by molar-refractivity contribution is 7.07. The average Bonchev–Trinajstić information content (AvgIpc) is 3.44. The Morgan fingerprint density at radius 3 is 2.67 bits per heavy atom. The Morgan fingerprint density at radius 2 is 2.03 bits per heavy atom. The van der Waals surface area contributed by atoms with Gasteiger partial charge in [-0.05, 0) is 42.7 Å². The number of hydrogen-bond donors (Lipinski definition) is 0. The summed E-state index contributed by atoms with van der Waals surface area (Å²) >= 11 is 1.20. The molecule has 188 valence electrons. The number of furan rings is 1. The average molecular weight is 511 g/mol. The van der Waals surface area contributed by atoms with Gasteiger partial charge in [0, 0.05) is 13.0 Å². The van der Waals surface area contributed by atoms with Crippen LogP contribution in [0.2, 0.25) is 0 Å². The second kappa shape index (κ2) is 10.4. The van der Waals surface area contributed by atoms with Crippen molar-refractivity contribution in [2.24, 2.45) is 10.9 Å². The van der Waals surface area contributed by atoms with Crippen LogP contribution in [-0.4, -0.2) is 30.2 Å². The molecule has 3 heterocycles. The molecule has 1 aliphatic heterocycles. The van der Waals surface area contributed by atoms with Crippen LogP contribution in [0, 0.1) is 5.92 Å². The quantitative estimate of drug-likeness (QED) is 0.355. The second-order valence-corrected chi connectivity index (χ2v) is 9.60. The minimum atomic E-state index is -0.833. The molecule has 1 unspecified atom stereocenters. The summed E-state index contributed by atoms with van der Waals surface area (Å²) in [6.45, 7) is 7.11. The van der Waals surface area contributed by atoms with Crippen LogP contribution in [-0.2, 0) is 14.3 Å². The minimum Gasteiger partial charge on any atom is -0.493 e. The third-order valence-electron chi connectivity index (χ3n) is 5.36. The number of methoxy groups -OCH3 is 1. The Hall–Kier alpha value is -3.92. The predicted octanol–water partition coefficient (Wildman–Crippen LogP) is 2.96. The molecule has 0 radical (unpaired) electrons. The molecule has 4 rings (SSSR count). The number of aromatic nitrogens is 1. The highest BCUT2D eigenvalue weighted by Gasteiger charge is 2.34.